The molecule has 0 spiro atoms. The van der Waals surface area contributed by atoms with Crippen molar-refractivity contribution in [3.05, 3.63) is 56.4 Å². The minimum Gasteiger partial charge on any atom is -0.368 e. The Morgan fingerprint density at radius 2 is 2.05 bits per heavy atom. The summed E-state index contributed by atoms with van der Waals surface area (Å²) in [7, 11) is 3.20. The van der Waals surface area contributed by atoms with E-state index in [0.29, 0.717) is 15.7 Å². The van der Waals surface area contributed by atoms with Gasteiger partial charge < -0.3 is 4.90 Å². The van der Waals surface area contributed by atoms with Gasteiger partial charge in [0.05, 0.1) is 17.4 Å². The second kappa shape index (κ2) is 6.12. The summed E-state index contributed by atoms with van der Waals surface area (Å²) < 4.78 is 39.6. The molecule has 8 heteroatoms. The van der Waals surface area contributed by atoms with Crippen LogP contribution in [0.25, 0.3) is 0 Å². The van der Waals surface area contributed by atoms with E-state index in [1.165, 1.54) is 24.0 Å². The standard InChI is InChI=1S/C14H13BrF3N3O/c1-20(11-7-19-21(2)13(22)12(11)15)8-9-4-3-5-10(6-9)14(16,17)18/h3-7H,8H2,1-2H3. The van der Waals surface area contributed by atoms with Crippen LogP contribution < -0.4 is 10.5 Å². The van der Waals surface area contributed by atoms with E-state index in [1.54, 1.807) is 18.0 Å². The van der Waals surface area contributed by atoms with Crippen molar-refractivity contribution in [2.45, 2.75) is 12.7 Å². The molecular weight excluding hydrogens is 363 g/mol. The van der Waals surface area contributed by atoms with Crippen molar-refractivity contribution in [3.8, 4) is 0 Å². The maximum atomic E-state index is 12.7. The molecule has 0 aliphatic carbocycles. The molecular formula is C14H13BrF3N3O. The van der Waals surface area contributed by atoms with E-state index in [0.717, 1.165) is 12.1 Å². The average Bonchev–Trinajstić information content (AvgIpc) is 2.44. The second-order valence-corrected chi connectivity index (χ2v) is 5.62. The zero-order valence-electron chi connectivity index (χ0n) is 11.9. The Kier molecular flexibility index (Phi) is 4.60. The average molecular weight is 376 g/mol. The van der Waals surface area contributed by atoms with Gasteiger partial charge in [-0.05, 0) is 33.6 Å². The summed E-state index contributed by atoms with van der Waals surface area (Å²) in [5.74, 6) is 0. The van der Waals surface area contributed by atoms with Gasteiger partial charge in [0.1, 0.15) is 4.47 Å². The number of aryl methyl sites for hydroxylation is 1. The summed E-state index contributed by atoms with van der Waals surface area (Å²) in [5, 5.41) is 3.91. The first-order valence-electron chi connectivity index (χ1n) is 6.29. The summed E-state index contributed by atoms with van der Waals surface area (Å²) in [6.07, 6.45) is -2.89. The van der Waals surface area contributed by atoms with E-state index in [-0.39, 0.29) is 12.1 Å². The van der Waals surface area contributed by atoms with E-state index in [4.69, 9.17) is 0 Å². The van der Waals surface area contributed by atoms with Crippen molar-refractivity contribution < 1.29 is 13.2 Å². The Hall–Kier alpha value is -1.83. The van der Waals surface area contributed by atoms with E-state index in [1.807, 2.05) is 0 Å². The molecule has 0 amide bonds. The topological polar surface area (TPSA) is 38.1 Å². The van der Waals surface area contributed by atoms with Gasteiger partial charge in [0, 0.05) is 20.6 Å². The van der Waals surface area contributed by atoms with E-state index in [2.05, 4.69) is 21.0 Å². The predicted octanol–water partition coefficient (Wildman–Crippen LogP) is 3.20. The SMILES string of the molecule is CN(Cc1cccc(C(F)(F)F)c1)c1cnn(C)c(=O)c1Br. The molecule has 0 unspecified atom stereocenters. The molecule has 1 heterocycles. The molecule has 0 saturated carbocycles. The summed E-state index contributed by atoms with van der Waals surface area (Å²) >= 11 is 3.20. The highest BCUT2D eigenvalue weighted by atomic mass is 79.9. The molecule has 0 N–H and O–H groups in total. The maximum absolute atomic E-state index is 12.7. The molecule has 1 aromatic heterocycles. The Morgan fingerprint density at radius 3 is 2.68 bits per heavy atom. The molecule has 4 nitrogen and oxygen atoms in total. The van der Waals surface area contributed by atoms with Crippen LogP contribution in [0.5, 0.6) is 0 Å². The Morgan fingerprint density at radius 1 is 1.36 bits per heavy atom. The maximum Gasteiger partial charge on any atom is 0.416 e. The van der Waals surface area contributed by atoms with E-state index < -0.39 is 11.7 Å². The zero-order valence-corrected chi connectivity index (χ0v) is 13.4. The molecule has 0 radical (unpaired) electrons. The van der Waals surface area contributed by atoms with E-state index in [9.17, 15) is 18.0 Å². The quantitative estimate of drug-likeness (QED) is 0.826. The molecule has 0 fully saturated rings. The van der Waals surface area contributed by atoms with Crippen LogP contribution in [0.2, 0.25) is 0 Å². The Balaban J connectivity index is 2.28. The number of halogens is 4. The monoisotopic (exact) mass is 375 g/mol. The molecule has 0 atom stereocenters. The molecule has 0 saturated heterocycles. The van der Waals surface area contributed by atoms with Crippen LogP contribution in [-0.2, 0) is 19.8 Å². The van der Waals surface area contributed by atoms with Gasteiger partial charge in [-0.3, -0.25) is 4.79 Å². The lowest BCUT2D eigenvalue weighted by Gasteiger charge is -2.21. The van der Waals surface area contributed by atoms with Gasteiger partial charge in [-0.25, -0.2) is 4.68 Å². The number of alkyl halides is 3. The Bertz CT molecular complexity index is 743. The highest BCUT2D eigenvalue weighted by Gasteiger charge is 2.30. The fourth-order valence-electron chi connectivity index (χ4n) is 1.97. The van der Waals surface area contributed by atoms with Crippen LogP contribution in [0.15, 0.2) is 39.7 Å². The van der Waals surface area contributed by atoms with Crippen molar-refractivity contribution in [2.24, 2.45) is 7.05 Å². The van der Waals surface area contributed by atoms with Crippen molar-refractivity contribution in [1.29, 1.82) is 0 Å². The first kappa shape index (κ1) is 16.5. The Labute approximate surface area is 133 Å². The summed E-state index contributed by atoms with van der Waals surface area (Å²) in [6, 6.07) is 5.09. The molecule has 22 heavy (non-hydrogen) atoms. The van der Waals surface area contributed by atoms with Crippen LogP contribution in [0, 0.1) is 0 Å². The van der Waals surface area contributed by atoms with Crippen LogP contribution in [0.3, 0.4) is 0 Å². The zero-order chi connectivity index (χ0) is 16.5. The minimum atomic E-state index is -4.38. The highest BCUT2D eigenvalue weighted by Crippen LogP contribution is 2.30. The van der Waals surface area contributed by atoms with Crippen LogP contribution in [-0.4, -0.2) is 16.8 Å². The minimum absolute atomic E-state index is 0.220. The van der Waals surface area contributed by atoms with Crippen LogP contribution in [0.4, 0.5) is 18.9 Å². The lowest BCUT2D eigenvalue weighted by atomic mass is 10.1. The van der Waals surface area contributed by atoms with Gasteiger partial charge in [-0.15, -0.1) is 0 Å². The first-order valence-corrected chi connectivity index (χ1v) is 7.08. The smallest absolute Gasteiger partial charge is 0.368 e. The molecule has 2 aromatic rings. The lowest BCUT2D eigenvalue weighted by molar-refractivity contribution is -0.137. The fourth-order valence-corrected chi connectivity index (χ4v) is 2.63. The summed E-state index contributed by atoms with van der Waals surface area (Å²) in [4.78, 5) is 13.5. The number of benzene rings is 1. The number of nitrogens with zero attached hydrogens (tertiary/aromatic N) is 3. The number of anilines is 1. The summed E-state index contributed by atoms with van der Waals surface area (Å²) in [5.41, 5.74) is -0.00151. The van der Waals surface area contributed by atoms with Crippen molar-refractivity contribution in [2.75, 3.05) is 11.9 Å². The van der Waals surface area contributed by atoms with Gasteiger partial charge in [0.25, 0.3) is 5.56 Å². The molecule has 0 aliphatic rings. The van der Waals surface area contributed by atoms with Gasteiger partial charge in [-0.1, -0.05) is 12.1 Å². The normalized spacial score (nSPS) is 11.5. The third-order valence-corrected chi connectivity index (χ3v) is 3.89. The van der Waals surface area contributed by atoms with E-state index >= 15 is 0 Å². The number of rotatable bonds is 3. The molecule has 2 rings (SSSR count). The third-order valence-electron chi connectivity index (χ3n) is 3.15. The molecule has 1 aromatic carbocycles. The highest BCUT2D eigenvalue weighted by molar-refractivity contribution is 9.10. The predicted molar refractivity (Wildman–Crippen MR) is 80.7 cm³/mol. The van der Waals surface area contributed by atoms with Gasteiger partial charge in [-0.2, -0.15) is 18.3 Å². The first-order chi connectivity index (χ1) is 10.2. The van der Waals surface area contributed by atoms with Gasteiger partial charge in [0.15, 0.2) is 0 Å². The number of hydrogen-bond acceptors (Lipinski definition) is 3. The fraction of sp³-hybridized carbons (Fsp3) is 0.286. The molecule has 118 valence electrons. The largest absolute Gasteiger partial charge is 0.416 e. The van der Waals surface area contributed by atoms with Crippen molar-refractivity contribution in [1.82, 2.24) is 9.78 Å². The summed E-state index contributed by atoms with van der Waals surface area (Å²) in [6.45, 7) is 0.220. The third kappa shape index (κ3) is 3.49. The van der Waals surface area contributed by atoms with Gasteiger partial charge in [0.2, 0.25) is 0 Å². The molecule has 0 bridgehead atoms. The number of aromatic nitrogens is 2. The van der Waals surface area contributed by atoms with Crippen LogP contribution in [0.1, 0.15) is 11.1 Å². The number of hydrogen-bond donors (Lipinski definition) is 0. The van der Waals surface area contributed by atoms with Crippen molar-refractivity contribution in [3.63, 3.8) is 0 Å². The second-order valence-electron chi connectivity index (χ2n) is 4.83. The van der Waals surface area contributed by atoms with Crippen molar-refractivity contribution >= 4 is 21.6 Å². The van der Waals surface area contributed by atoms with Gasteiger partial charge >= 0.3 is 6.18 Å². The van der Waals surface area contributed by atoms with Crippen LogP contribution >= 0.6 is 15.9 Å². The molecule has 0 aliphatic heterocycles. The lowest BCUT2D eigenvalue weighted by Crippen LogP contribution is -2.25.